The average Bonchev–Trinajstić information content (AvgIpc) is 3.09. The third kappa shape index (κ3) is 2.98. The molecule has 0 unspecified atom stereocenters. The largest absolute Gasteiger partial charge is 0.493 e. The molecule has 0 aliphatic heterocycles. The predicted molar refractivity (Wildman–Crippen MR) is 66.6 cm³/mol. The molecule has 17 heavy (non-hydrogen) atoms. The Morgan fingerprint density at radius 3 is 2.82 bits per heavy atom. The van der Waals surface area contributed by atoms with Crippen molar-refractivity contribution < 1.29 is 4.74 Å². The summed E-state index contributed by atoms with van der Waals surface area (Å²) in [5, 5.41) is 11.9. The maximum absolute atomic E-state index is 8.76. The minimum absolute atomic E-state index is 0.140. The fourth-order valence-corrected chi connectivity index (χ4v) is 1.93. The second-order valence-corrected chi connectivity index (χ2v) is 4.76. The smallest absolute Gasteiger partial charge is 0.123 e. The molecular weight excluding hydrogens is 212 g/mol. The van der Waals surface area contributed by atoms with Gasteiger partial charge in [0.15, 0.2) is 0 Å². The van der Waals surface area contributed by atoms with Crippen molar-refractivity contribution >= 4 is 0 Å². The molecule has 0 spiro atoms. The highest BCUT2D eigenvalue weighted by Gasteiger charge is 2.43. The Morgan fingerprint density at radius 2 is 2.18 bits per heavy atom. The Labute approximate surface area is 102 Å². The molecule has 1 aromatic carbocycles. The van der Waals surface area contributed by atoms with Crippen LogP contribution in [-0.2, 0) is 6.54 Å². The number of benzene rings is 1. The van der Waals surface area contributed by atoms with E-state index in [-0.39, 0.29) is 5.41 Å². The minimum Gasteiger partial charge on any atom is -0.493 e. The van der Waals surface area contributed by atoms with Crippen molar-refractivity contribution in [1.29, 1.82) is 5.26 Å². The average molecular weight is 230 g/mol. The van der Waals surface area contributed by atoms with E-state index in [0.29, 0.717) is 13.0 Å². The summed E-state index contributed by atoms with van der Waals surface area (Å²) in [6.45, 7) is 1.47. The minimum atomic E-state index is 0.140. The van der Waals surface area contributed by atoms with E-state index in [0.717, 1.165) is 25.1 Å². The maximum atomic E-state index is 8.76. The fourth-order valence-electron chi connectivity index (χ4n) is 1.93. The van der Waals surface area contributed by atoms with Gasteiger partial charge in [0.1, 0.15) is 5.75 Å². The zero-order valence-corrected chi connectivity index (χ0v) is 10.2. The van der Waals surface area contributed by atoms with E-state index < -0.39 is 0 Å². The fraction of sp³-hybridized carbons (Fsp3) is 0.500. The van der Waals surface area contributed by atoms with Gasteiger partial charge in [-0.05, 0) is 26.0 Å². The first-order valence-electron chi connectivity index (χ1n) is 6.02. The quantitative estimate of drug-likeness (QED) is 0.816. The first kappa shape index (κ1) is 11.9. The van der Waals surface area contributed by atoms with Gasteiger partial charge in [-0.3, -0.25) is 0 Å². The number of para-hydroxylation sites is 1. The standard InChI is InChI=1S/C14H18N2O/c1-16-10-12-4-2-3-5-13(12)17-11-14(6-7-14)8-9-15/h2-5,16H,6-8,10-11H2,1H3. The normalized spacial score (nSPS) is 16.2. The Bertz CT molecular complexity index is 418. The third-order valence-electron chi connectivity index (χ3n) is 3.28. The molecule has 3 nitrogen and oxygen atoms in total. The lowest BCUT2D eigenvalue weighted by molar-refractivity contribution is 0.234. The molecule has 0 radical (unpaired) electrons. The second-order valence-electron chi connectivity index (χ2n) is 4.76. The SMILES string of the molecule is CNCc1ccccc1OCC1(CC#N)CC1. The summed E-state index contributed by atoms with van der Waals surface area (Å²) >= 11 is 0. The Kier molecular flexibility index (Phi) is 3.65. The summed E-state index contributed by atoms with van der Waals surface area (Å²) in [5.41, 5.74) is 1.31. The van der Waals surface area contributed by atoms with Crippen LogP contribution >= 0.6 is 0 Å². The number of rotatable bonds is 6. The van der Waals surface area contributed by atoms with Gasteiger partial charge in [0.2, 0.25) is 0 Å². The molecule has 0 saturated heterocycles. The summed E-state index contributed by atoms with van der Waals surface area (Å²) in [4.78, 5) is 0. The summed E-state index contributed by atoms with van der Waals surface area (Å²) in [5.74, 6) is 0.936. The van der Waals surface area contributed by atoms with Gasteiger partial charge in [-0.25, -0.2) is 0 Å². The first-order chi connectivity index (χ1) is 8.29. The van der Waals surface area contributed by atoms with Crippen molar-refractivity contribution in [2.75, 3.05) is 13.7 Å². The summed E-state index contributed by atoms with van der Waals surface area (Å²) < 4.78 is 5.88. The molecule has 0 heterocycles. The molecule has 1 aliphatic carbocycles. The van der Waals surface area contributed by atoms with Gasteiger partial charge in [0, 0.05) is 23.9 Å². The molecule has 1 fully saturated rings. The van der Waals surface area contributed by atoms with Crippen LogP contribution in [0.15, 0.2) is 24.3 Å². The molecule has 0 amide bonds. The van der Waals surface area contributed by atoms with Crippen molar-refractivity contribution in [3.63, 3.8) is 0 Å². The van der Waals surface area contributed by atoms with E-state index in [1.807, 2.05) is 25.2 Å². The van der Waals surface area contributed by atoms with E-state index in [2.05, 4.69) is 17.5 Å². The molecule has 1 aromatic rings. The monoisotopic (exact) mass is 230 g/mol. The molecule has 1 aliphatic rings. The van der Waals surface area contributed by atoms with Crippen LogP contribution in [0, 0.1) is 16.7 Å². The third-order valence-corrected chi connectivity index (χ3v) is 3.28. The van der Waals surface area contributed by atoms with Crippen molar-refractivity contribution in [3.8, 4) is 11.8 Å². The lowest BCUT2D eigenvalue weighted by Gasteiger charge is -2.15. The lowest BCUT2D eigenvalue weighted by Crippen LogP contribution is -2.14. The van der Waals surface area contributed by atoms with Gasteiger partial charge >= 0.3 is 0 Å². The van der Waals surface area contributed by atoms with E-state index in [1.54, 1.807) is 0 Å². The summed E-state index contributed by atoms with van der Waals surface area (Å²) in [6, 6.07) is 10.3. The molecule has 3 heteroatoms. The zero-order valence-electron chi connectivity index (χ0n) is 10.2. The van der Waals surface area contributed by atoms with Crippen molar-refractivity contribution in [3.05, 3.63) is 29.8 Å². The molecule has 1 saturated carbocycles. The highest BCUT2D eigenvalue weighted by molar-refractivity contribution is 5.33. The van der Waals surface area contributed by atoms with Gasteiger partial charge in [0.05, 0.1) is 12.7 Å². The zero-order chi connectivity index (χ0) is 12.1. The number of nitrogens with one attached hydrogen (secondary N) is 1. The summed E-state index contributed by atoms with van der Waals surface area (Å²) in [7, 11) is 1.93. The van der Waals surface area contributed by atoms with Gasteiger partial charge in [0.25, 0.3) is 0 Å². The molecule has 2 rings (SSSR count). The van der Waals surface area contributed by atoms with Gasteiger partial charge in [-0.15, -0.1) is 0 Å². The van der Waals surface area contributed by atoms with E-state index in [9.17, 15) is 0 Å². The molecule has 0 aromatic heterocycles. The van der Waals surface area contributed by atoms with Crippen LogP contribution in [0.1, 0.15) is 24.8 Å². The predicted octanol–water partition coefficient (Wildman–Crippen LogP) is 2.48. The van der Waals surface area contributed by atoms with Crippen LogP contribution in [0.5, 0.6) is 5.75 Å². The van der Waals surface area contributed by atoms with E-state index >= 15 is 0 Å². The Morgan fingerprint density at radius 1 is 1.41 bits per heavy atom. The van der Waals surface area contributed by atoms with E-state index in [1.165, 1.54) is 5.56 Å². The number of hydrogen-bond acceptors (Lipinski definition) is 3. The molecular formula is C14H18N2O. The van der Waals surface area contributed by atoms with Gasteiger partial charge in [-0.1, -0.05) is 18.2 Å². The van der Waals surface area contributed by atoms with E-state index in [4.69, 9.17) is 10.00 Å². The van der Waals surface area contributed by atoms with Crippen molar-refractivity contribution in [2.24, 2.45) is 5.41 Å². The highest BCUT2D eigenvalue weighted by atomic mass is 16.5. The van der Waals surface area contributed by atoms with Crippen LogP contribution < -0.4 is 10.1 Å². The van der Waals surface area contributed by atoms with Crippen LogP contribution in [-0.4, -0.2) is 13.7 Å². The molecule has 0 atom stereocenters. The number of nitrogens with zero attached hydrogens (tertiary/aromatic N) is 1. The number of nitriles is 1. The Hall–Kier alpha value is -1.53. The Balaban J connectivity index is 1.97. The second kappa shape index (κ2) is 5.20. The molecule has 90 valence electrons. The molecule has 1 N–H and O–H groups in total. The van der Waals surface area contributed by atoms with Crippen molar-refractivity contribution in [1.82, 2.24) is 5.32 Å². The topological polar surface area (TPSA) is 45.0 Å². The highest BCUT2D eigenvalue weighted by Crippen LogP contribution is 2.48. The van der Waals surface area contributed by atoms with Crippen LogP contribution in [0.2, 0.25) is 0 Å². The number of ether oxygens (including phenoxy) is 1. The van der Waals surface area contributed by atoms with Crippen LogP contribution in [0.25, 0.3) is 0 Å². The van der Waals surface area contributed by atoms with Gasteiger partial charge < -0.3 is 10.1 Å². The van der Waals surface area contributed by atoms with Crippen LogP contribution in [0.3, 0.4) is 0 Å². The number of hydrogen-bond donors (Lipinski definition) is 1. The first-order valence-corrected chi connectivity index (χ1v) is 6.02. The lowest BCUT2D eigenvalue weighted by atomic mass is 10.1. The maximum Gasteiger partial charge on any atom is 0.123 e. The molecule has 0 bridgehead atoms. The van der Waals surface area contributed by atoms with Crippen molar-refractivity contribution in [2.45, 2.75) is 25.8 Å². The summed E-state index contributed by atoms with van der Waals surface area (Å²) in [6.07, 6.45) is 2.85. The van der Waals surface area contributed by atoms with Crippen LogP contribution in [0.4, 0.5) is 0 Å². The van der Waals surface area contributed by atoms with Gasteiger partial charge in [-0.2, -0.15) is 5.26 Å².